The highest BCUT2D eigenvalue weighted by Crippen LogP contribution is 2.54. The summed E-state index contributed by atoms with van der Waals surface area (Å²) in [6, 6.07) is 6.51. The van der Waals surface area contributed by atoms with Gasteiger partial charge >= 0.3 is 6.09 Å². The first-order valence-electron chi connectivity index (χ1n) is 7.84. The maximum atomic E-state index is 11.2. The Morgan fingerprint density at radius 3 is 2.68 bits per heavy atom. The maximum Gasteiger partial charge on any atom is 0.407 e. The third-order valence-corrected chi connectivity index (χ3v) is 5.89. The molecule has 22 heavy (non-hydrogen) atoms. The van der Waals surface area contributed by atoms with Gasteiger partial charge in [0.15, 0.2) is 0 Å². The van der Waals surface area contributed by atoms with E-state index < -0.39 is 6.09 Å². The first-order chi connectivity index (χ1) is 10.4. The summed E-state index contributed by atoms with van der Waals surface area (Å²) < 4.78 is 1.19. The molecule has 1 fully saturated rings. The largest absolute Gasteiger partial charge is 0.465 e. The second-order valence-corrected chi connectivity index (χ2v) is 7.77. The number of halogens is 1. The standard InChI is InChI=1S/C17H23BrN2O2/c1-19(2)11-12-10-17(6-8-20(9-7-17)16(21)22)15-13(12)4-3-5-14(15)18/h3-5,12H,6-11H2,1-2H3,(H,21,22). The van der Waals surface area contributed by atoms with Gasteiger partial charge in [-0.25, -0.2) is 4.79 Å². The maximum absolute atomic E-state index is 11.2. The van der Waals surface area contributed by atoms with Crippen LogP contribution in [0.25, 0.3) is 0 Å². The van der Waals surface area contributed by atoms with E-state index in [1.165, 1.54) is 15.6 Å². The fraction of sp³-hybridized carbons (Fsp3) is 0.588. The van der Waals surface area contributed by atoms with Crippen LogP contribution in [0.15, 0.2) is 22.7 Å². The van der Waals surface area contributed by atoms with Crippen molar-refractivity contribution in [3.63, 3.8) is 0 Å². The lowest BCUT2D eigenvalue weighted by Gasteiger charge is -2.39. The number of likely N-dealkylation sites (N-methyl/N-ethyl adjacent to an activating group) is 1. The van der Waals surface area contributed by atoms with E-state index in [0.29, 0.717) is 19.0 Å². The van der Waals surface area contributed by atoms with Crippen LogP contribution in [0.5, 0.6) is 0 Å². The molecule has 1 N–H and O–H groups in total. The lowest BCUT2D eigenvalue weighted by molar-refractivity contribution is 0.114. The third kappa shape index (κ3) is 2.65. The topological polar surface area (TPSA) is 43.8 Å². The number of hydrogen-bond donors (Lipinski definition) is 1. The van der Waals surface area contributed by atoms with Crippen LogP contribution in [0, 0.1) is 0 Å². The zero-order valence-corrected chi connectivity index (χ0v) is 14.8. The number of benzene rings is 1. The molecule has 1 unspecified atom stereocenters. The molecule has 0 saturated carbocycles. The van der Waals surface area contributed by atoms with Crippen molar-refractivity contribution in [3.8, 4) is 0 Å². The lowest BCUT2D eigenvalue weighted by atomic mass is 9.73. The molecule has 5 heteroatoms. The highest BCUT2D eigenvalue weighted by atomic mass is 79.9. The van der Waals surface area contributed by atoms with E-state index >= 15 is 0 Å². The minimum absolute atomic E-state index is 0.141. The second kappa shape index (κ2) is 5.85. The van der Waals surface area contributed by atoms with E-state index in [1.807, 2.05) is 0 Å². The minimum atomic E-state index is -0.787. The second-order valence-electron chi connectivity index (χ2n) is 6.92. The van der Waals surface area contributed by atoms with Crippen LogP contribution >= 0.6 is 15.9 Å². The van der Waals surface area contributed by atoms with Crippen molar-refractivity contribution in [2.24, 2.45) is 0 Å². The van der Waals surface area contributed by atoms with Crippen LogP contribution < -0.4 is 0 Å². The normalized spacial score (nSPS) is 23.1. The van der Waals surface area contributed by atoms with Crippen molar-refractivity contribution in [2.75, 3.05) is 33.7 Å². The van der Waals surface area contributed by atoms with Gasteiger partial charge in [0.1, 0.15) is 0 Å². The van der Waals surface area contributed by atoms with Crippen molar-refractivity contribution in [3.05, 3.63) is 33.8 Å². The van der Waals surface area contributed by atoms with E-state index in [4.69, 9.17) is 0 Å². The van der Waals surface area contributed by atoms with E-state index in [-0.39, 0.29) is 5.41 Å². The molecule has 1 aliphatic carbocycles. The van der Waals surface area contributed by atoms with Gasteiger partial charge in [-0.15, -0.1) is 0 Å². The Bertz CT molecular complexity index is 580. The minimum Gasteiger partial charge on any atom is -0.465 e. The molecule has 1 saturated heterocycles. The molecule has 4 nitrogen and oxygen atoms in total. The first kappa shape index (κ1) is 15.8. The summed E-state index contributed by atoms with van der Waals surface area (Å²) in [4.78, 5) is 15.0. The van der Waals surface area contributed by atoms with Gasteiger partial charge in [0.05, 0.1) is 0 Å². The molecule has 120 valence electrons. The molecule has 2 aliphatic rings. The zero-order chi connectivity index (χ0) is 15.9. The van der Waals surface area contributed by atoms with Crippen molar-refractivity contribution in [1.29, 1.82) is 0 Å². The molecule has 1 aromatic rings. The molecule has 1 aliphatic heterocycles. The molecular weight excluding hydrogens is 344 g/mol. The van der Waals surface area contributed by atoms with E-state index in [1.54, 1.807) is 4.90 Å². The summed E-state index contributed by atoms with van der Waals surface area (Å²) in [6.45, 7) is 2.34. The number of carbonyl (C=O) groups is 1. The molecule has 1 spiro atoms. The van der Waals surface area contributed by atoms with Crippen LogP contribution in [-0.2, 0) is 5.41 Å². The van der Waals surface area contributed by atoms with E-state index in [2.05, 4.69) is 53.1 Å². The molecule has 3 rings (SSSR count). The highest BCUT2D eigenvalue weighted by Gasteiger charge is 2.47. The monoisotopic (exact) mass is 366 g/mol. The number of hydrogen-bond acceptors (Lipinski definition) is 2. The smallest absolute Gasteiger partial charge is 0.407 e. The predicted molar refractivity (Wildman–Crippen MR) is 90.6 cm³/mol. The quantitative estimate of drug-likeness (QED) is 0.870. The fourth-order valence-corrected chi connectivity index (χ4v) is 5.11. The third-order valence-electron chi connectivity index (χ3n) is 5.23. The number of likely N-dealkylation sites (tertiary alicyclic amines) is 1. The number of nitrogens with zero attached hydrogens (tertiary/aromatic N) is 2. The number of carboxylic acid groups (broad SMARTS) is 1. The van der Waals surface area contributed by atoms with Gasteiger partial charge in [-0.2, -0.15) is 0 Å². The lowest BCUT2D eigenvalue weighted by Crippen LogP contribution is -2.44. The molecule has 0 aromatic heterocycles. The van der Waals surface area contributed by atoms with E-state index in [0.717, 1.165) is 25.8 Å². The zero-order valence-electron chi connectivity index (χ0n) is 13.2. The van der Waals surface area contributed by atoms with Crippen molar-refractivity contribution < 1.29 is 9.90 Å². The Labute approximate surface area is 140 Å². The summed E-state index contributed by atoms with van der Waals surface area (Å²) in [6.07, 6.45) is 2.21. The van der Waals surface area contributed by atoms with Crippen molar-refractivity contribution >= 4 is 22.0 Å². The molecule has 1 atom stereocenters. The van der Waals surface area contributed by atoms with Gasteiger partial charge in [0.25, 0.3) is 0 Å². The van der Waals surface area contributed by atoms with E-state index in [9.17, 15) is 9.90 Å². The van der Waals surface area contributed by atoms with Gasteiger partial charge < -0.3 is 14.9 Å². The van der Waals surface area contributed by atoms with Gasteiger partial charge in [-0.1, -0.05) is 28.1 Å². The van der Waals surface area contributed by atoms with Gasteiger partial charge in [0.2, 0.25) is 0 Å². The Morgan fingerprint density at radius 1 is 1.41 bits per heavy atom. The highest BCUT2D eigenvalue weighted by molar-refractivity contribution is 9.10. The summed E-state index contributed by atoms with van der Waals surface area (Å²) in [5.41, 5.74) is 3.03. The number of fused-ring (bicyclic) bond motifs is 2. The molecular formula is C17H23BrN2O2. The molecule has 1 amide bonds. The Kier molecular flexibility index (Phi) is 4.21. The number of rotatable bonds is 2. The van der Waals surface area contributed by atoms with Crippen LogP contribution in [0.4, 0.5) is 4.79 Å². The summed E-state index contributed by atoms with van der Waals surface area (Å²) in [5.74, 6) is 0.541. The van der Waals surface area contributed by atoms with Gasteiger partial charge in [-0.3, -0.25) is 0 Å². The number of piperidine rings is 1. The van der Waals surface area contributed by atoms with Crippen LogP contribution in [0.1, 0.15) is 36.3 Å². The van der Waals surface area contributed by atoms with Crippen LogP contribution in [0.2, 0.25) is 0 Å². The van der Waals surface area contributed by atoms with Crippen molar-refractivity contribution in [1.82, 2.24) is 9.80 Å². The SMILES string of the molecule is CN(C)CC1CC2(CCN(C(=O)O)CC2)c2c(Br)cccc21. The summed E-state index contributed by atoms with van der Waals surface area (Å²) in [7, 11) is 4.24. The fourth-order valence-electron chi connectivity index (χ4n) is 4.31. The first-order valence-corrected chi connectivity index (χ1v) is 8.64. The molecule has 0 radical (unpaired) electrons. The summed E-state index contributed by atoms with van der Waals surface area (Å²) >= 11 is 3.75. The molecule has 1 heterocycles. The predicted octanol–water partition coefficient (Wildman–Crippen LogP) is 3.51. The van der Waals surface area contributed by atoms with Crippen LogP contribution in [-0.4, -0.2) is 54.7 Å². The summed E-state index contributed by atoms with van der Waals surface area (Å²) in [5, 5.41) is 9.20. The van der Waals surface area contributed by atoms with Crippen molar-refractivity contribution in [2.45, 2.75) is 30.6 Å². The Morgan fingerprint density at radius 2 is 2.09 bits per heavy atom. The Hall–Kier alpha value is -1.07. The molecule has 0 bridgehead atoms. The van der Waals surface area contributed by atoms with Gasteiger partial charge in [-0.05, 0) is 56.5 Å². The Balaban J connectivity index is 1.93. The van der Waals surface area contributed by atoms with Gasteiger partial charge in [0, 0.05) is 29.5 Å². The van der Waals surface area contributed by atoms with Crippen LogP contribution in [0.3, 0.4) is 0 Å². The number of amides is 1. The molecule has 1 aromatic carbocycles. The average molecular weight is 367 g/mol. The average Bonchev–Trinajstić information content (AvgIpc) is 2.74.